The number of carbonyl (C=O) groups excluding carboxylic acids is 1. The summed E-state index contributed by atoms with van der Waals surface area (Å²) < 4.78 is 24.3. The Balaban J connectivity index is 0.911. The molecule has 3 aromatic rings. The molecule has 1 N–H and O–H groups in total. The van der Waals surface area contributed by atoms with Crippen molar-refractivity contribution in [3.63, 3.8) is 0 Å². The molecule has 2 saturated carbocycles. The smallest absolute Gasteiger partial charge is 0.320 e. The largest absolute Gasteiger partial charge is 0.323 e. The Hall–Kier alpha value is -3.20. The quantitative estimate of drug-likeness (QED) is 0.529. The summed E-state index contributed by atoms with van der Waals surface area (Å²) in [5, 5.41) is 7.64. The van der Waals surface area contributed by atoms with Gasteiger partial charge in [0.25, 0.3) is 0 Å². The van der Waals surface area contributed by atoms with E-state index in [1.807, 2.05) is 34.1 Å². The van der Waals surface area contributed by atoms with Gasteiger partial charge in [0.15, 0.2) is 15.7 Å². The van der Waals surface area contributed by atoms with Crippen molar-refractivity contribution >= 4 is 15.9 Å². The number of sulfone groups is 1. The van der Waals surface area contributed by atoms with Crippen LogP contribution in [0.3, 0.4) is 0 Å². The van der Waals surface area contributed by atoms with Crippen molar-refractivity contribution < 1.29 is 13.2 Å². The highest BCUT2D eigenvalue weighted by Gasteiger charge is 2.56. The van der Waals surface area contributed by atoms with Crippen LogP contribution < -0.4 is 0 Å². The van der Waals surface area contributed by atoms with Gasteiger partial charge in [0.2, 0.25) is 0 Å². The number of carbonyl (C=O) groups is 1. The van der Waals surface area contributed by atoms with Gasteiger partial charge in [-0.25, -0.2) is 18.2 Å². The van der Waals surface area contributed by atoms with E-state index in [-0.39, 0.29) is 16.9 Å². The zero-order chi connectivity index (χ0) is 26.3. The minimum Gasteiger partial charge on any atom is -0.323 e. The first-order valence-electron chi connectivity index (χ1n) is 13.5. The molecule has 2 aliphatic carbocycles. The average molecular weight is 532 g/mol. The minimum atomic E-state index is -3.31. The monoisotopic (exact) mass is 531 g/mol. The highest BCUT2D eigenvalue weighted by Crippen LogP contribution is 2.56. The van der Waals surface area contributed by atoms with Crippen molar-refractivity contribution in [2.24, 2.45) is 5.41 Å². The molecule has 198 valence electrons. The Kier molecular flexibility index (Phi) is 5.12. The van der Waals surface area contributed by atoms with Gasteiger partial charge >= 0.3 is 6.03 Å². The summed E-state index contributed by atoms with van der Waals surface area (Å²) in [6.07, 6.45) is 5.76. The van der Waals surface area contributed by atoms with Crippen LogP contribution in [-0.2, 0) is 15.3 Å². The minimum absolute atomic E-state index is 0.151. The van der Waals surface area contributed by atoms with Gasteiger partial charge in [-0.3, -0.25) is 5.10 Å². The van der Waals surface area contributed by atoms with Crippen LogP contribution in [0.2, 0.25) is 0 Å². The zero-order valence-electron chi connectivity index (χ0n) is 21.9. The van der Waals surface area contributed by atoms with E-state index in [0.717, 1.165) is 61.8 Å². The number of H-pyrrole nitrogens is 1. The Morgan fingerprint density at radius 3 is 2.32 bits per heavy atom. The van der Waals surface area contributed by atoms with Gasteiger partial charge in [0.05, 0.1) is 4.90 Å². The summed E-state index contributed by atoms with van der Waals surface area (Å²) in [6, 6.07) is 15.3. The first-order valence-corrected chi connectivity index (χ1v) is 15.4. The predicted molar refractivity (Wildman–Crippen MR) is 144 cm³/mol. The number of aromatic amines is 1. The van der Waals surface area contributed by atoms with Gasteiger partial charge in [0, 0.05) is 60.7 Å². The van der Waals surface area contributed by atoms with Crippen LogP contribution in [0.5, 0.6) is 0 Å². The van der Waals surface area contributed by atoms with Gasteiger partial charge in [0.1, 0.15) is 5.82 Å². The molecular weight excluding hydrogens is 498 g/mol. The number of urea groups is 1. The SMILES string of the molecule is CC1(c2n[nH]c(C3CC4(C3)CN(C(=O)N3CC(c5ccc(-c6ccccc6S(C)(=O)=O)cc5)C3)C4)n2)CC1. The predicted octanol–water partition coefficient (Wildman–Crippen LogP) is 4.33. The molecular formula is C29H33N5O3S. The Morgan fingerprint density at radius 2 is 1.66 bits per heavy atom. The summed E-state index contributed by atoms with van der Waals surface area (Å²) >= 11 is 0. The van der Waals surface area contributed by atoms with Crippen LogP contribution in [0.1, 0.15) is 61.7 Å². The molecule has 0 unspecified atom stereocenters. The summed E-state index contributed by atoms with van der Waals surface area (Å²) in [4.78, 5) is 22.1. The summed E-state index contributed by atoms with van der Waals surface area (Å²) in [5.41, 5.74) is 3.24. The van der Waals surface area contributed by atoms with E-state index in [1.165, 1.54) is 24.7 Å². The van der Waals surface area contributed by atoms with Gasteiger partial charge in [-0.15, -0.1) is 0 Å². The van der Waals surface area contributed by atoms with Crippen LogP contribution in [0.4, 0.5) is 4.79 Å². The van der Waals surface area contributed by atoms with Crippen LogP contribution in [-0.4, -0.2) is 71.9 Å². The van der Waals surface area contributed by atoms with Gasteiger partial charge in [-0.1, -0.05) is 49.4 Å². The van der Waals surface area contributed by atoms with E-state index in [2.05, 4.69) is 29.3 Å². The van der Waals surface area contributed by atoms with Crippen molar-refractivity contribution in [3.05, 3.63) is 65.7 Å². The number of likely N-dealkylation sites (tertiary alicyclic amines) is 2. The molecule has 1 spiro atoms. The molecule has 1 aromatic heterocycles. The van der Waals surface area contributed by atoms with Crippen LogP contribution >= 0.6 is 0 Å². The lowest BCUT2D eigenvalue weighted by atomic mass is 9.57. The van der Waals surface area contributed by atoms with Crippen LogP contribution in [0.25, 0.3) is 11.1 Å². The Labute approximate surface area is 223 Å². The number of hydrogen-bond donors (Lipinski definition) is 1. The number of nitrogens with one attached hydrogen (secondary N) is 1. The fraction of sp³-hybridized carbons (Fsp3) is 0.483. The van der Waals surface area contributed by atoms with E-state index in [4.69, 9.17) is 4.98 Å². The third-order valence-corrected chi connectivity index (χ3v) is 10.4. The molecule has 2 amide bonds. The molecule has 3 heterocycles. The number of hydrogen-bond acceptors (Lipinski definition) is 5. The van der Waals surface area contributed by atoms with Crippen molar-refractivity contribution in [2.45, 2.75) is 54.8 Å². The van der Waals surface area contributed by atoms with Gasteiger partial charge in [-0.05, 0) is 42.9 Å². The molecule has 4 fully saturated rings. The summed E-state index contributed by atoms with van der Waals surface area (Å²) in [7, 11) is -3.31. The molecule has 0 bridgehead atoms. The maximum Gasteiger partial charge on any atom is 0.320 e. The highest BCUT2D eigenvalue weighted by atomic mass is 32.2. The Bertz CT molecular complexity index is 1510. The normalized spacial score (nSPS) is 22.1. The molecule has 0 atom stereocenters. The second-order valence-corrected chi connectivity index (χ2v) is 14.3. The lowest BCUT2D eigenvalue weighted by Crippen LogP contribution is -2.67. The van der Waals surface area contributed by atoms with Gasteiger partial charge in [-0.2, -0.15) is 5.10 Å². The molecule has 0 radical (unpaired) electrons. The van der Waals surface area contributed by atoms with E-state index >= 15 is 0 Å². The number of benzene rings is 2. The molecule has 2 saturated heterocycles. The van der Waals surface area contributed by atoms with Crippen LogP contribution in [0.15, 0.2) is 53.4 Å². The molecule has 8 nitrogen and oxygen atoms in total. The number of aromatic nitrogens is 3. The topological polar surface area (TPSA) is 99.3 Å². The standard InChI is InChI=1S/C29H33N5O3S/c1-28(11-12-28)26-30-25(31-32-26)21-13-29(14-21)17-34(18-29)27(35)33-15-22(16-33)19-7-9-20(10-8-19)23-5-3-4-6-24(23)38(2,36)37/h3-10,21-22H,11-18H2,1-2H3,(H,30,31,32). The lowest BCUT2D eigenvalue weighted by Gasteiger charge is -2.59. The Morgan fingerprint density at radius 1 is 0.974 bits per heavy atom. The van der Waals surface area contributed by atoms with E-state index in [1.54, 1.807) is 12.1 Å². The van der Waals surface area contributed by atoms with Gasteiger partial charge < -0.3 is 9.80 Å². The fourth-order valence-corrected chi connectivity index (χ4v) is 7.39. The number of nitrogens with zero attached hydrogens (tertiary/aromatic N) is 4. The van der Waals surface area contributed by atoms with Crippen molar-refractivity contribution in [3.8, 4) is 11.1 Å². The number of rotatable bonds is 5. The lowest BCUT2D eigenvalue weighted by molar-refractivity contribution is -0.0601. The molecule has 2 aromatic carbocycles. The van der Waals surface area contributed by atoms with Crippen LogP contribution in [0, 0.1) is 5.41 Å². The van der Waals surface area contributed by atoms with Crippen molar-refractivity contribution in [1.82, 2.24) is 25.0 Å². The highest BCUT2D eigenvalue weighted by molar-refractivity contribution is 7.90. The molecule has 38 heavy (non-hydrogen) atoms. The molecule has 9 heteroatoms. The average Bonchev–Trinajstić information content (AvgIpc) is 3.36. The first-order chi connectivity index (χ1) is 18.1. The second-order valence-electron chi connectivity index (χ2n) is 12.3. The maximum atomic E-state index is 13.0. The van der Waals surface area contributed by atoms with Crippen molar-refractivity contribution in [1.29, 1.82) is 0 Å². The summed E-state index contributed by atoms with van der Waals surface area (Å²) in [5.74, 6) is 2.76. The molecule has 4 aliphatic rings. The third kappa shape index (κ3) is 3.94. The second kappa shape index (κ2) is 8.15. The maximum absolute atomic E-state index is 13.0. The first kappa shape index (κ1) is 23.9. The zero-order valence-corrected chi connectivity index (χ0v) is 22.7. The van der Waals surface area contributed by atoms with E-state index < -0.39 is 9.84 Å². The number of amides is 2. The van der Waals surface area contributed by atoms with E-state index in [0.29, 0.717) is 16.7 Å². The molecule has 2 aliphatic heterocycles. The molecule has 7 rings (SSSR count). The fourth-order valence-electron chi connectivity index (χ4n) is 6.48. The van der Waals surface area contributed by atoms with Crippen molar-refractivity contribution in [2.75, 3.05) is 32.4 Å². The third-order valence-electron chi connectivity index (χ3n) is 9.24. The summed E-state index contributed by atoms with van der Waals surface area (Å²) in [6.45, 7) is 5.37. The van der Waals surface area contributed by atoms with E-state index in [9.17, 15) is 13.2 Å².